The van der Waals surface area contributed by atoms with Crippen molar-refractivity contribution in [1.29, 1.82) is 0 Å². The quantitative estimate of drug-likeness (QED) is 0.386. The molecule has 0 radical (unpaired) electrons. The predicted octanol–water partition coefficient (Wildman–Crippen LogP) is 3.82. The van der Waals surface area contributed by atoms with Gasteiger partial charge in [0.1, 0.15) is 11.5 Å². The Morgan fingerprint density at radius 3 is 2.21 bits per heavy atom. The molecule has 4 rings (SSSR count). The lowest BCUT2D eigenvalue weighted by molar-refractivity contribution is 0.483. The number of para-hydroxylation sites is 1. The van der Waals surface area contributed by atoms with Gasteiger partial charge in [0.15, 0.2) is 5.11 Å². The molecular weight excluding hydrogens is 388 g/mol. The summed E-state index contributed by atoms with van der Waals surface area (Å²) in [5, 5.41) is 11.5. The second-order valence-electron chi connectivity index (χ2n) is 6.15. The van der Waals surface area contributed by atoms with Crippen LogP contribution in [0.2, 0.25) is 0 Å². The second-order valence-corrected chi connectivity index (χ2v) is 6.56. The average molecular weight is 404 g/mol. The first-order valence-electron chi connectivity index (χ1n) is 8.75. The summed E-state index contributed by atoms with van der Waals surface area (Å²) in [7, 11) is 0. The molecule has 1 heterocycles. The summed E-state index contributed by atoms with van der Waals surface area (Å²) in [6, 6.07) is 21.7. The Hall–Kier alpha value is -3.91. The molecule has 0 saturated carbocycles. The Morgan fingerprint density at radius 1 is 0.759 bits per heavy atom. The third-order valence-electron chi connectivity index (χ3n) is 4.17. The van der Waals surface area contributed by atoms with Crippen molar-refractivity contribution in [1.82, 2.24) is 10.2 Å². The van der Waals surface area contributed by atoms with E-state index in [0.29, 0.717) is 11.4 Å². The van der Waals surface area contributed by atoms with Crippen LogP contribution in [0.1, 0.15) is 0 Å². The van der Waals surface area contributed by atoms with E-state index < -0.39 is 5.56 Å². The second kappa shape index (κ2) is 7.99. The van der Waals surface area contributed by atoms with Crippen LogP contribution in [0.25, 0.3) is 10.8 Å². The van der Waals surface area contributed by atoms with Gasteiger partial charge in [0.2, 0.25) is 0 Å². The number of rotatable bonds is 4. The number of aromatic amines is 2. The fourth-order valence-electron chi connectivity index (χ4n) is 2.85. The zero-order chi connectivity index (χ0) is 20.2. The highest BCUT2D eigenvalue weighted by molar-refractivity contribution is 7.80. The van der Waals surface area contributed by atoms with E-state index in [-0.39, 0.29) is 21.4 Å². The Morgan fingerprint density at radius 2 is 1.45 bits per heavy atom. The molecule has 0 aliphatic carbocycles. The van der Waals surface area contributed by atoms with Crippen molar-refractivity contribution in [3.8, 4) is 11.5 Å². The van der Waals surface area contributed by atoms with E-state index in [9.17, 15) is 9.59 Å². The van der Waals surface area contributed by atoms with E-state index in [1.165, 1.54) is 0 Å². The van der Waals surface area contributed by atoms with Gasteiger partial charge in [0.05, 0.1) is 16.5 Å². The molecule has 0 fully saturated rings. The summed E-state index contributed by atoms with van der Waals surface area (Å²) in [6.07, 6.45) is 0. The standard InChI is InChI=1S/C21H16N4O3S/c26-19-16-7-4-8-17(18(16)20(27)25-24-19)23-21(29)22-13-9-11-15(12-10-13)28-14-5-2-1-3-6-14/h1-12H,(H,24,26)(H,25,27)(H2,22,23,29). The number of nitrogens with one attached hydrogen (secondary N) is 4. The zero-order valence-corrected chi connectivity index (χ0v) is 15.9. The molecule has 1 aromatic heterocycles. The molecule has 0 amide bonds. The Bertz CT molecular complexity index is 1280. The number of hydrogen-bond donors (Lipinski definition) is 4. The topological polar surface area (TPSA) is 99.0 Å². The summed E-state index contributed by atoms with van der Waals surface area (Å²) in [4.78, 5) is 24.0. The molecule has 29 heavy (non-hydrogen) atoms. The summed E-state index contributed by atoms with van der Waals surface area (Å²) >= 11 is 5.34. The molecule has 8 heteroatoms. The van der Waals surface area contributed by atoms with Gasteiger partial charge in [-0.2, -0.15) is 0 Å². The van der Waals surface area contributed by atoms with Crippen LogP contribution in [-0.2, 0) is 0 Å². The van der Waals surface area contributed by atoms with Gasteiger partial charge in [0, 0.05) is 5.69 Å². The lowest BCUT2D eigenvalue weighted by atomic mass is 10.1. The number of anilines is 2. The summed E-state index contributed by atoms with van der Waals surface area (Å²) in [5.74, 6) is 1.45. The van der Waals surface area contributed by atoms with Crippen molar-refractivity contribution in [3.63, 3.8) is 0 Å². The molecule has 0 unspecified atom stereocenters. The van der Waals surface area contributed by atoms with Crippen LogP contribution in [0.4, 0.5) is 11.4 Å². The number of hydrogen-bond acceptors (Lipinski definition) is 4. The molecule has 0 aliphatic rings. The van der Waals surface area contributed by atoms with Gasteiger partial charge < -0.3 is 15.4 Å². The number of benzene rings is 3. The average Bonchev–Trinajstić information content (AvgIpc) is 2.73. The largest absolute Gasteiger partial charge is 0.457 e. The maximum absolute atomic E-state index is 12.1. The molecule has 4 aromatic rings. The highest BCUT2D eigenvalue weighted by Gasteiger charge is 2.09. The van der Waals surface area contributed by atoms with Crippen molar-refractivity contribution in [2.45, 2.75) is 0 Å². The summed E-state index contributed by atoms with van der Waals surface area (Å²) in [5.41, 5.74) is 0.398. The highest BCUT2D eigenvalue weighted by atomic mass is 32.1. The maximum atomic E-state index is 12.1. The smallest absolute Gasteiger partial charge is 0.272 e. The third-order valence-corrected chi connectivity index (χ3v) is 4.37. The van der Waals surface area contributed by atoms with Crippen molar-refractivity contribution < 1.29 is 4.74 Å². The fourth-order valence-corrected chi connectivity index (χ4v) is 3.08. The minimum absolute atomic E-state index is 0.243. The van der Waals surface area contributed by atoms with Crippen molar-refractivity contribution in [2.75, 3.05) is 10.6 Å². The van der Waals surface area contributed by atoms with Crippen LogP contribution in [0.5, 0.6) is 11.5 Å². The molecular formula is C21H16N4O3S. The molecule has 4 N–H and O–H groups in total. The molecule has 0 spiro atoms. The Balaban J connectivity index is 1.48. The van der Waals surface area contributed by atoms with Crippen LogP contribution in [0.15, 0.2) is 82.4 Å². The zero-order valence-electron chi connectivity index (χ0n) is 15.1. The number of fused-ring (bicyclic) bond motifs is 1. The normalized spacial score (nSPS) is 10.5. The fraction of sp³-hybridized carbons (Fsp3) is 0. The number of H-pyrrole nitrogens is 2. The van der Waals surface area contributed by atoms with Gasteiger partial charge in [-0.3, -0.25) is 19.8 Å². The first-order valence-corrected chi connectivity index (χ1v) is 9.15. The molecule has 0 saturated heterocycles. The van der Waals surface area contributed by atoms with E-state index >= 15 is 0 Å². The van der Waals surface area contributed by atoms with Crippen LogP contribution in [0.3, 0.4) is 0 Å². The minimum Gasteiger partial charge on any atom is -0.457 e. The third kappa shape index (κ3) is 4.17. The molecule has 3 aromatic carbocycles. The molecule has 0 aliphatic heterocycles. The lowest BCUT2D eigenvalue weighted by Gasteiger charge is -2.12. The van der Waals surface area contributed by atoms with Gasteiger partial charge >= 0.3 is 0 Å². The van der Waals surface area contributed by atoms with Gasteiger partial charge in [-0.25, -0.2) is 0 Å². The summed E-state index contributed by atoms with van der Waals surface area (Å²) < 4.78 is 5.76. The molecule has 7 nitrogen and oxygen atoms in total. The van der Waals surface area contributed by atoms with E-state index in [1.807, 2.05) is 54.6 Å². The highest BCUT2D eigenvalue weighted by Crippen LogP contribution is 2.23. The van der Waals surface area contributed by atoms with Gasteiger partial charge in [-0.1, -0.05) is 24.3 Å². The summed E-state index contributed by atoms with van der Waals surface area (Å²) in [6.45, 7) is 0. The maximum Gasteiger partial charge on any atom is 0.272 e. The van der Waals surface area contributed by atoms with Crippen molar-refractivity contribution in [3.05, 3.63) is 93.5 Å². The van der Waals surface area contributed by atoms with Gasteiger partial charge in [-0.15, -0.1) is 0 Å². The number of ether oxygens (including phenoxy) is 1. The van der Waals surface area contributed by atoms with Crippen LogP contribution in [0, 0.1) is 0 Å². The van der Waals surface area contributed by atoms with E-state index in [0.717, 1.165) is 11.4 Å². The number of thiocarbonyl (C=S) groups is 1. The monoisotopic (exact) mass is 404 g/mol. The molecule has 0 atom stereocenters. The Labute approximate surface area is 170 Å². The molecule has 144 valence electrons. The lowest BCUT2D eigenvalue weighted by Crippen LogP contribution is -2.23. The van der Waals surface area contributed by atoms with Crippen LogP contribution < -0.4 is 26.5 Å². The van der Waals surface area contributed by atoms with E-state index in [1.54, 1.807) is 18.2 Å². The first kappa shape index (κ1) is 18.5. The minimum atomic E-state index is -0.409. The van der Waals surface area contributed by atoms with Gasteiger partial charge in [0.25, 0.3) is 11.1 Å². The van der Waals surface area contributed by atoms with Gasteiger partial charge in [-0.05, 0) is 60.7 Å². The Kier molecular flexibility index (Phi) is 5.08. The number of aromatic nitrogens is 2. The van der Waals surface area contributed by atoms with E-state index in [4.69, 9.17) is 17.0 Å². The molecule has 0 bridgehead atoms. The van der Waals surface area contributed by atoms with Crippen molar-refractivity contribution >= 4 is 39.5 Å². The van der Waals surface area contributed by atoms with Crippen LogP contribution in [-0.4, -0.2) is 15.3 Å². The van der Waals surface area contributed by atoms with Crippen molar-refractivity contribution in [2.24, 2.45) is 0 Å². The van der Waals surface area contributed by atoms with E-state index in [2.05, 4.69) is 20.8 Å². The van der Waals surface area contributed by atoms with Crippen LogP contribution >= 0.6 is 12.2 Å². The SMILES string of the molecule is O=c1[nH][nH]c(=O)c2c(NC(=S)Nc3ccc(Oc4ccccc4)cc3)cccc12. The predicted molar refractivity (Wildman–Crippen MR) is 118 cm³/mol. The first-order chi connectivity index (χ1) is 14.1.